The third-order valence-corrected chi connectivity index (χ3v) is 8.94. The number of nitro groups is 1. The monoisotopic (exact) mass is 665 g/mol. The molecule has 3 amide bonds. The van der Waals surface area contributed by atoms with Crippen molar-refractivity contribution in [2.24, 2.45) is 5.92 Å². The highest BCUT2D eigenvalue weighted by Crippen LogP contribution is 2.44. The Morgan fingerprint density at radius 1 is 1.00 bits per heavy atom. The van der Waals surface area contributed by atoms with Crippen LogP contribution < -0.4 is 5.32 Å². The fourth-order valence-corrected chi connectivity index (χ4v) is 6.37. The summed E-state index contributed by atoms with van der Waals surface area (Å²) >= 11 is 0. The number of likely N-dealkylation sites (tertiary alicyclic amines) is 1. The Bertz CT molecular complexity index is 1230. The van der Waals surface area contributed by atoms with E-state index < -0.39 is 18.6 Å². The smallest absolute Gasteiger partial charge is 0.325 e. The predicted octanol–water partition coefficient (Wildman–Crippen LogP) is 6.92. The molecule has 1 aromatic rings. The van der Waals surface area contributed by atoms with Gasteiger partial charge in [-0.1, -0.05) is 64.4 Å². The first kappa shape index (κ1) is 39.2. The third-order valence-electron chi connectivity index (χ3n) is 8.24. The van der Waals surface area contributed by atoms with Gasteiger partial charge in [-0.25, -0.2) is 0 Å². The Hall–Kier alpha value is -2.95. The Morgan fingerprint density at radius 2 is 1.54 bits per heavy atom. The normalized spacial score (nSPS) is 16.8. The van der Waals surface area contributed by atoms with Gasteiger partial charge in [0.2, 0.25) is 17.7 Å². The van der Waals surface area contributed by atoms with E-state index in [2.05, 4.69) is 5.32 Å². The number of hydrogen-bond donors (Lipinski definition) is 2. The van der Waals surface area contributed by atoms with Crippen LogP contribution in [-0.2, 0) is 34.8 Å². The molecular formula is C33H52N3O9P. The van der Waals surface area contributed by atoms with Crippen LogP contribution in [0.5, 0.6) is 0 Å². The van der Waals surface area contributed by atoms with E-state index in [1.54, 1.807) is 0 Å². The maximum atomic E-state index is 12.3. The number of nitrogens with one attached hydrogen (secondary N) is 1. The van der Waals surface area contributed by atoms with Crippen LogP contribution in [0.15, 0.2) is 18.2 Å². The van der Waals surface area contributed by atoms with Gasteiger partial charge in [-0.15, -0.1) is 0 Å². The van der Waals surface area contributed by atoms with Gasteiger partial charge in [0.1, 0.15) is 5.78 Å². The molecule has 3 unspecified atom stereocenters. The summed E-state index contributed by atoms with van der Waals surface area (Å²) in [5.41, 5.74) is 0.551. The Labute approximate surface area is 272 Å². The molecule has 0 aliphatic carbocycles. The molecule has 0 spiro atoms. The van der Waals surface area contributed by atoms with Crippen molar-refractivity contribution < 1.29 is 38.1 Å². The fraction of sp³-hybridized carbons (Fsp3) is 0.697. The lowest BCUT2D eigenvalue weighted by Crippen LogP contribution is -2.31. The van der Waals surface area contributed by atoms with Gasteiger partial charge in [0.15, 0.2) is 0 Å². The second-order valence-corrected chi connectivity index (χ2v) is 14.3. The standard InChI is InChI=1S/C33H52N3O9P/c1-25-22-32(39)35(33(25)40)21-15-11-7-5-4-6-8-12-16-28(37)17-13-9-10-14-18-31(38)34-24-27-19-20-30(36(41)42)29(23-27)26(2)45-46(3,43)44/h19-20,23,25-26H,4-18,21-22,24H2,1-3H3,(H,34,38)(H,43,44). The SMILES string of the molecule is CC1CC(=O)N(CCCCCCCCCCC(=O)CCCCCCC(=O)NCc2ccc([N+](=O)[O-])c(C(C)OP(C)(=O)O)c2)C1=O. The van der Waals surface area contributed by atoms with E-state index in [0.717, 1.165) is 77.3 Å². The van der Waals surface area contributed by atoms with Gasteiger partial charge in [0, 0.05) is 57.4 Å². The summed E-state index contributed by atoms with van der Waals surface area (Å²) in [6.07, 6.45) is 12.5. The zero-order valence-electron chi connectivity index (χ0n) is 27.7. The molecule has 258 valence electrons. The molecule has 1 fully saturated rings. The van der Waals surface area contributed by atoms with E-state index in [1.165, 1.54) is 30.0 Å². The second-order valence-electron chi connectivity index (χ2n) is 12.5. The summed E-state index contributed by atoms with van der Waals surface area (Å²) in [4.78, 5) is 69.9. The molecule has 46 heavy (non-hydrogen) atoms. The average molecular weight is 666 g/mol. The Kier molecular flexibility index (Phi) is 17.3. The minimum atomic E-state index is -3.85. The van der Waals surface area contributed by atoms with Crippen LogP contribution in [0.3, 0.4) is 0 Å². The zero-order chi connectivity index (χ0) is 34.1. The molecule has 12 nitrogen and oxygen atoms in total. The molecule has 0 aromatic heterocycles. The van der Waals surface area contributed by atoms with Gasteiger partial charge in [0.25, 0.3) is 5.69 Å². The summed E-state index contributed by atoms with van der Waals surface area (Å²) in [5.74, 6) is -0.0867. The number of unbranched alkanes of at least 4 members (excludes halogenated alkanes) is 10. The van der Waals surface area contributed by atoms with Crippen molar-refractivity contribution in [1.82, 2.24) is 10.2 Å². The molecule has 0 bridgehead atoms. The number of nitrogens with zero attached hydrogens (tertiary/aromatic N) is 2. The summed E-state index contributed by atoms with van der Waals surface area (Å²) < 4.78 is 16.6. The van der Waals surface area contributed by atoms with E-state index >= 15 is 0 Å². The van der Waals surface area contributed by atoms with Crippen LogP contribution in [0.2, 0.25) is 0 Å². The Morgan fingerprint density at radius 3 is 2.07 bits per heavy atom. The van der Waals surface area contributed by atoms with Gasteiger partial charge in [0.05, 0.1) is 16.6 Å². The van der Waals surface area contributed by atoms with E-state index in [-0.39, 0.29) is 41.4 Å². The topological polar surface area (TPSA) is 173 Å². The number of Topliss-reactive ketones (excluding diaryl/α,β-unsaturated/α-hetero) is 1. The van der Waals surface area contributed by atoms with Crippen molar-refractivity contribution in [3.8, 4) is 0 Å². The zero-order valence-corrected chi connectivity index (χ0v) is 28.6. The quantitative estimate of drug-likeness (QED) is 0.0391. The maximum absolute atomic E-state index is 12.3. The first-order valence-corrected chi connectivity index (χ1v) is 18.7. The molecule has 1 aliphatic rings. The maximum Gasteiger partial charge on any atom is 0.325 e. The van der Waals surface area contributed by atoms with Gasteiger partial charge >= 0.3 is 7.60 Å². The molecule has 1 heterocycles. The van der Waals surface area contributed by atoms with Crippen LogP contribution in [0.1, 0.15) is 134 Å². The number of rotatable bonds is 24. The van der Waals surface area contributed by atoms with Gasteiger partial charge in [-0.3, -0.25) is 38.8 Å². The predicted molar refractivity (Wildman–Crippen MR) is 175 cm³/mol. The van der Waals surface area contributed by atoms with E-state index in [9.17, 15) is 38.8 Å². The molecular weight excluding hydrogens is 613 g/mol. The highest BCUT2D eigenvalue weighted by Gasteiger charge is 2.34. The van der Waals surface area contributed by atoms with Crippen LogP contribution in [0.4, 0.5) is 5.69 Å². The van der Waals surface area contributed by atoms with Crippen molar-refractivity contribution in [2.45, 2.75) is 129 Å². The van der Waals surface area contributed by atoms with Crippen LogP contribution >= 0.6 is 7.60 Å². The number of hydrogen-bond acceptors (Lipinski definition) is 8. The molecule has 0 saturated carbocycles. The van der Waals surface area contributed by atoms with Crippen molar-refractivity contribution in [1.29, 1.82) is 0 Å². The van der Waals surface area contributed by atoms with Gasteiger partial charge in [-0.2, -0.15) is 0 Å². The minimum Gasteiger partial charge on any atom is -0.352 e. The van der Waals surface area contributed by atoms with Crippen molar-refractivity contribution in [3.63, 3.8) is 0 Å². The summed E-state index contributed by atoms with van der Waals surface area (Å²) in [6.45, 7) is 5.00. The molecule has 2 N–H and O–H groups in total. The molecule has 13 heteroatoms. The van der Waals surface area contributed by atoms with Gasteiger partial charge in [-0.05, 0) is 44.2 Å². The average Bonchev–Trinajstić information content (AvgIpc) is 3.23. The lowest BCUT2D eigenvalue weighted by atomic mass is 10.0. The number of carbonyl (C=O) groups is 4. The third kappa shape index (κ3) is 15.1. The highest BCUT2D eigenvalue weighted by molar-refractivity contribution is 7.51. The van der Waals surface area contributed by atoms with Gasteiger partial charge < -0.3 is 14.7 Å². The molecule has 3 atom stereocenters. The summed E-state index contributed by atoms with van der Waals surface area (Å²) in [7, 11) is -3.85. The molecule has 1 aromatic carbocycles. The Balaban J connectivity index is 1.47. The summed E-state index contributed by atoms with van der Waals surface area (Å²) in [6, 6.07) is 4.34. The van der Waals surface area contributed by atoms with E-state index in [1.807, 2.05) is 6.92 Å². The number of amides is 3. The number of benzene rings is 1. The number of nitro benzene ring substituents is 1. The van der Waals surface area contributed by atoms with Crippen LogP contribution in [0.25, 0.3) is 0 Å². The number of imide groups is 1. The van der Waals surface area contributed by atoms with Crippen molar-refractivity contribution in [2.75, 3.05) is 13.2 Å². The fourth-order valence-electron chi connectivity index (χ4n) is 5.67. The lowest BCUT2D eigenvalue weighted by Gasteiger charge is -2.16. The summed E-state index contributed by atoms with van der Waals surface area (Å²) in [5, 5.41) is 14.2. The largest absolute Gasteiger partial charge is 0.352 e. The minimum absolute atomic E-state index is 0.0321. The molecule has 2 rings (SSSR count). The van der Waals surface area contributed by atoms with Crippen molar-refractivity contribution in [3.05, 3.63) is 39.4 Å². The second kappa shape index (κ2) is 20.3. The first-order chi connectivity index (χ1) is 21.8. The molecule has 0 radical (unpaired) electrons. The molecule has 1 saturated heterocycles. The lowest BCUT2D eigenvalue weighted by molar-refractivity contribution is -0.386. The van der Waals surface area contributed by atoms with Crippen LogP contribution in [-0.4, -0.2) is 51.4 Å². The number of carbonyl (C=O) groups excluding carboxylic acids is 4. The first-order valence-electron chi connectivity index (χ1n) is 16.7. The number of ketones is 1. The highest BCUT2D eigenvalue weighted by atomic mass is 31.2. The van der Waals surface area contributed by atoms with Crippen molar-refractivity contribution >= 4 is 36.8 Å². The van der Waals surface area contributed by atoms with E-state index in [4.69, 9.17) is 4.52 Å². The molecule has 1 aliphatic heterocycles. The van der Waals surface area contributed by atoms with Crippen LogP contribution in [0, 0.1) is 16.0 Å². The van der Waals surface area contributed by atoms with E-state index in [0.29, 0.717) is 50.0 Å².